The molecule has 0 aromatic heterocycles. The van der Waals surface area contributed by atoms with E-state index >= 15 is 0 Å². The largest absolute Gasteiger partial charge is 0.489 e. The first-order valence-electron chi connectivity index (χ1n) is 9.42. The Balaban J connectivity index is 1.77. The van der Waals surface area contributed by atoms with Gasteiger partial charge in [-0.3, -0.25) is 0 Å². The lowest BCUT2D eigenvalue weighted by Crippen LogP contribution is -2.25. The lowest BCUT2D eigenvalue weighted by molar-refractivity contribution is -0.00563. The standard InChI is InChI=1S/C22H34O3/c1-7-22(5,23-6)13-8-9-17(2)12-14-24-19-11-10-18-16-21(3,4)25-20(18)15-19/h10-12,15H,7-9,13-14,16H2,1-6H3. The average molecular weight is 347 g/mol. The van der Waals surface area contributed by atoms with Crippen molar-refractivity contribution in [1.82, 2.24) is 0 Å². The van der Waals surface area contributed by atoms with Crippen molar-refractivity contribution in [1.29, 1.82) is 0 Å². The van der Waals surface area contributed by atoms with E-state index in [4.69, 9.17) is 14.2 Å². The fraction of sp³-hybridized carbons (Fsp3) is 0.636. The number of fused-ring (bicyclic) bond motifs is 1. The van der Waals surface area contributed by atoms with Gasteiger partial charge in [0.25, 0.3) is 0 Å². The van der Waals surface area contributed by atoms with Gasteiger partial charge in [0, 0.05) is 19.6 Å². The molecule has 1 aromatic rings. The molecule has 0 bridgehead atoms. The van der Waals surface area contributed by atoms with Crippen LogP contribution in [0.2, 0.25) is 0 Å². The minimum atomic E-state index is -0.105. The predicted octanol–water partition coefficient (Wildman–Crippen LogP) is 5.71. The van der Waals surface area contributed by atoms with Gasteiger partial charge in [0.2, 0.25) is 0 Å². The van der Waals surface area contributed by atoms with Gasteiger partial charge in [0.15, 0.2) is 0 Å². The Labute approximate surface area is 153 Å². The third kappa shape index (κ3) is 5.78. The summed E-state index contributed by atoms with van der Waals surface area (Å²) in [5.41, 5.74) is 2.54. The normalized spacial score (nSPS) is 18.4. The second-order valence-electron chi connectivity index (χ2n) is 8.03. The molecule has 0 saturated carbocycles. The SMILES string of the molecule is CCC(C)(CCCC(C)=CCOc1ccc2c(c1)OC(C)(C)C2)OC. The first kappa shape index (κ1) is 19.8. The van der Waals surface area contributed by atoms with E-state index in [1.54, 1.807) is 0 Å². The van der Waals surface area contributed by atoms with Gasteiger partial charge >= 0.3 is 0 Å². The summed E-state index contributed by atoms with van der Waals surface area (Å²) >= 11 is 0. The topological polar surface area (TPSA) is 27.7 Å². The highest BCUT2D eigenvalue weighted by molar-refractivity contribution is 5.44. The molecule has 0 saturated heterocycles. The van der Waals surface area contributed by atoms with Crippen LogP contribution < -0.4 is 9.47 Å². The maximum absolute atomic E-state index is 5.96. The molecule has 1 atom stereocenters. The summed E-state index contributed by atoms with van der Waals surface area (Å²) < 4.78 is 17.4. The molecule has 0 spiro atoms. The van der Waals surface area contributed by atoms with Crippen LogP contribution in [0.5, 0.6) is 11.5 Å². The summed E-state index contributed by atoms with van der Waals surface area (Å²) in [6.45, 7) is 11.4. The molecule has 1 unspecified atom stereocenters. The molecule has 2 rings (SSSR count). The van der Waals surface area contributed by atoms with Crippen molar-refractivity contribution in [3.05, 3.63) is 35.4 Å². The Morgan fingerprint density at radius 1 is 1.36 bits per heavy atom. The average Bonchev–Trinajstić information content (AvgIpc) is 2.87. The zero-order valence-corrected chi connectivity index (χ0v) is 16.8. The van der Waals surface area contributed by atoms with E-state index in [0.29, 0.717) is 6.61 Å². The molecular formula is C22H34O3. The molecule has 1 heterocycles. The molecule has 0 amide bonds. The zero-order valence-electron chi connectivity index (χ0n) is 16.8. The zero-order chi connectivity index (χ0) is 18.5. The third-order valence-electron chi connectivity index (χ3n) is 5.24. The van der Waals surface area contributed by atoms with Crippen LogP contribution >= 0.6 is 0 Å². The van der Waals surface area contributed by atoms with E-state index in [-0.39, 0.29) is 11.2 Å². The Morgan fingerprint density at radius 3 is 2.80 bits per heavy atom. The van der Waals surface area contributed by atoms with Crippen molar-refractivity contribution >= 4 is 0 Å². The molecule has 140 valence electrons. The fourth-order valence-corrected chi connectivity index (χ4v) is 3.20. The minimum absolute atomic E-state index is 0.00890. The number of methoxy groups -OCH3 is 1. The van der Waals surface area contributed by atoms with Crippen molar-refractivity contribution in [3.8, 4) is 11.5 Å². The van der Waals surface area contributed by atoms with Crippen LogP contribution in [0.25, 0.3) is 0 Å². The van der Waals surface area contributed by atoms with Gasteiger partial charge in [0.1, 0.15) is 23.7 Å². The van der Waals surface area contributed by atoms with Crippen molar-refractivity contribution in [2.24, 2.45) is 0 Å². The smallest absolute Gasteiger partial charge is 0.127 e. The second kappa shape index (κ2) is 8.27. The lowest BCUT2D eigenvalue weighted by atomic mass is 9.94. The van der Waals surface area contributed by atoms with E-state index in [1.165, 1.54) is 11.1 Å². The van der Waals surface area contributed by atoms with E-state index in [2.05, 4.69) is 46.8 Å². The van der Waals surface area contributed by atoms with Gasteiger partial charge in [-0.2, -0.15) is 0 Å². The van der Waals surface area contributed by atoms with Crippen molar-refractivity contribution in [2.75, 3.05) is 13.7 Å². The Bertz CT molecular complexity index is 597. The van der Waals surface area contributed by atoms with Gasteiger partial charge in [-0.05, 0) is 71.1 Å². The summed E-state index contributed by atoms with van der Waals surface area (Å²) in [4.78, 5) is 0. The Hall–Kier alpha value is -1.48. The van der Waals surface area contributed by atoms with Gasteiger partial charge < -0.3 is 14.2 Å². The molecule has 0 aliphatic carbocycles. The van der Waals surface area contributed by atoms with Crippen LogP contribution in [0, 0.1) is 0 Å². The molecule has 3 heteroatoms. The molecule has 0 fully saturated rings. The van der Waals surface area contributed by atoms with Crippen LogP contribution in [-0.4, -0.2) is 24.9 Å². The summed E-state index contributed by atoms with van der Waals surface area (Å²) in [6, 6.07) is 6.17. The molecule has 0 radical (unpaired) electrons. The maximum atomic E-state index is 5.96. The predicted molar refractivity (Wildman–Crippen MR) is 104 cm³/mol. The number of hydrogen-bond acceptors (Lipinski definition) is 3. The minimum Gasteiger partial charge on any atom is -0.489 e. The van der Waals surface area contributed by atoms with Gasteiger partial charge in [0.05, 0.1) is 5.60 Å². The van der Waals surface area contributed by atoms with Gasteiger partial charge in [-0.25, -0.2) is 0 Å². The summed E-state index contributed by atoms with van der Waals surface area (Å²) in [7, 11) is 1.81. The molecule has 1 aliphatic rings. The number of benzene rings is 1. The number of hydrogen-bond donors (Lipinski definition) is 0. The van der Waals surface area contributed by atoms with E-state index in [1.807, 2.05) is 19.2 Å². The van der Waals surface area contributed by atoms with Crippen LogP contribution in [0.15, 0.2) is 29.8 Å². The van der Waals surface area contributed by atoms with E-state index in [9.17, 15) is 0 Å². The molecule has 1 aromatic carbocycles. The third-order valence-corrected chi connectivity index (χ3v) is 5.24. The Kier molecular flexibility index (Phi) is 6.56. The lowest BCUT2D eigenvalue weighted by Gasteiger charge is -2.26. The fourth-order valence-electron chi connectivity index (χ4n) is 3.20. The Morgan fingerprint density at radius 2 is 2.12 bits per heavy atom. The molecule has 0 N–H and O–H groups in total. The summed E-state index contributed by atoms with van der Waals surface area (Å²) in [5.74, 6) is 1.83. The quantitative estimate of drug-likeness (QED) is 0.536. The highest BCUT2D eigenvalue weighted by atomic mass is 16.5. The number of allylic oxidation sites excluding steroid dienone is 1. The first-order valence-corrected chi connectivity index (χ1v) is 9.42. The van der Waals surface area contributed by atoms with Crippen molar-refractivity contribution in [3.63, 3.8) is 0 Å². The monoisotopic (exact) mass is 346 g/mol. The number of ether oxygens (including phenoxy) is 3. The highest BCUT2D eigenvalue weighted by Crippen LogP contribution is 2.37. The van der Waals surface area contributed by atoms with E-state index < -0.39 is 0 Å². The number of rotatable bonds is 9. The van der Waals surface area contributed by atoms with Crippen LogP contribution in [0.1, 0.15) is 65.9 Å². The summed E-state index contributed by atoms with van der Waals surface area (Å²) in [5, 5.41) is 0. The molecule has 1 aliphatic heterocycles. The second-order valence-corrected chi connectivity index (χ2v) is 8.03. The van der Waals surface area contributed by atoms with Gasteiger partial charge in [-0.1, -0.05) is 18.6 Å². The van der Waals surface area contributed by atoms with Crippen molar-refractivity contribution < 1.29 is 14.2 Å². The summed E-state index contributed by atoms with van der Waals surface area (Å²) in [6.07, 6.45) is 7.50. The molecular weight excluding hydrogens is 312 g/mol. The van der Waals surface area contributed by atoms with E-state index in [0.717, 1.165) is 43.6 Å². The molecule has 3 nitrogen and oxygen atoms in total. The van der Waals surface area contributed by atoms with Crippen LogP contribution in [0.4, 0.5) is 0 Å². The van der Waals surface area contributed by atoms with Crippen LogP contribution in [-0.2, 0) is 11.2 Å². The maximum Gasteiger partial charge on any atom is 0.127 e. The van der Waals surface area contributed by atoms with Gasteiger partial charge in [-0.15, -0.1) is 0 Å². The molecule has 25 heavy (non-hydrogen) atoms. The first-order chi connectivity index (χ1) is 11.8. The van der Waals surface area contributed by atoms with Crippen molar-refractivity contribution in [2.45, 2.75) is 77.9 Å². The highest BCUT2D eigenvalue weighted by Gasteiger charge is 2.30. The van der Waals surface area contributed by atoms with Crippen LogP contribution in [0.3, 0.4) is 0 Å².